The molecule has 0 radical (unpaired) electrons. The number of aromatic nitrogens is 1. The van der Waals surface area contributed by atoms with E-state index in [1.165, 1.54) is 6.20 Å². The Balaban J connectivity index is 2.20. The molecule has 0 aliphatic heterocycles. The van der Waals surface area contributed by atoms with E-state index in [9.17, 15) is 4.79 Å². The molecule has 0 saturated heterocycles. The molecule has 1 aromatic rings. The lowest BCUT2D eigenvalue weighted by molar-refractivity contribution is 0.0696. The van der Waals surface area contributed by atoms with Gasteiger partial charge in [-0.05, 0) is 45.7 Å². The van der Waals surface area contributed by atoms with Crippen LogP contribution in [0.3, 0.4) is 0 Å². The summed E-state index contributed by atoms with van der Waals surface area (Å²) in [4.78, 5) is 15.0. The van der Waals surface area contributed by atoms with Gasteiger partial charge < -0.3 is 10.4 Å². The van der Waals surface area contributed by atoms with Crippen LogP contribution in [0.25, 0.3) is 0 Å². The van der Waals surface area contributed by atoms with Gasteiger partial charge in [0.1, 0.15) is 0 Å². The minimum absolute atomic E-state index is 0.0314. The van der Waals surface area contributed by atoms with Crippen molar-refractivity contribution in [3.05, 3.63) is 29.6 Å². The van der Waals surface area contributed by atoms with Gasteiger partial charge in [0.05, 0.1) is 16.8 Å². The molecule has 0 amide bonds. The molecule has 4 nitrogen and oxygen atoms in total. The van der Waals surface area contributed by atoms with Gasteiger partial charge in [-0.2, -0.15) is 0 Å². The molecule has 2 N–H and O–H groups in total. The summed E-state index contributed by atoms with van der Waals surface area (Å²) in [6.07, 6.45) is 3.55. The third-order valence-electron chi connectivity index (χ3n) is 2.87. The van der Waals surface area contributed by atoms with Gasteiger partial charge in [0.25, 0.3) is 0 Å². The second kappa shape index (κ2) is 3.81. The number of hydrogen-bond acceptors (Lipinski definition) is 3. The summed E-state index contributed by atoms with van der Waals surface area (Å²) in [6.45, 7) is 6.37. The minimum Gasteiger partial charge on any atom is -0.478 e. The van der Waals surface area contributed by atoms with Crippen LogP contribution in [0.4, 0.5) is 0 Å². The zero-order valence-corrected chi connectivity index (χ0v) is 10.4. The van der Waals surface area contributed by atoms with Crippen molar-refractivity contribution >= 4 is 5.97 Å². The molecule has 1 aromatic heterocycles. The van der Waals surface area contributed by atoms with Crippen LogP contribution in [0, 0.1) is 0 Å². The van der Waals surface area contributed by atoms with E-state index in [0.717, 1.165) is 18.5 Å². The fourth-order valence-corrected chi connectivity index (χ4v) is 2.09. The van der Waals surface area contributed by atoms with E-state index in [1.807, 2.05) is 6.07 Å². The summed E-state index contributed by atoms with van der Waals surface area (Å²) in [5.74, 6) is -0.933. The largest absolute Gasteiger partial charge is 0.478 e. The summed E-state index contributed by atoms with van der Waals surface area (Å²) in [6, 6.07) is 3.43. The number of carboxylic acid groups (broad SMARTS) is 1. The zero-order valence-electron chi connectivity index (χ0n) is 10.4. The monoisotopic (exact) mass is 234 g/mol. The molecule has 1 aliphatic carbocycles. The molecule has 2 rings (SSSR count). The van der Waals surface area contributed by atoms with Crippen molar-refractivity contribution in [2.45, 2.75) is 44.7 Å². The average Bonchev–Trinajstić information content (AvgIpc) is 2.96. The Bertz CT molecular complexity index is 428. The lowest BCUT2D eigenvalue weighted by Crippen LogP contribution is -2.44. The normalized spacial score (nSPS) is 17.8. The quantitative estimate of drug-likeness (QED) is 0.841. The summed E-state index contributed by atoms with van der Waals surface area (Å²) in [7, 11) is 0. The number of nitrogens with zero attached hydrogens (tertiary/aromatic N) is 1. The highest BCUT2D eigenvalue weighted by Crippen LogP contribution is 2.45. The zero-order chi connectivity index (χ0) is 12.7. The Hall–Kier alpha value is -1.42. The maximum absolute atomic E-state index is 10.8. The van der Waals surface area contributed by atoms with Gasteiger partial charge >= 0.3 is 5.97 Å². The van der Waals surface area contributed by atoms with Crippen LogP contribution in [-0.4, -0.2) is 21.6 Å². The van der Waals surface area contributed by atoms with Crippen LogP contribution >= 0.6 is 0 Å². The van der Waals surface area contributed by atoms with Crippen LogP contribution in [0.1, 0.15) is 49.7 Å². The van der Waals surface area contributed by atoms with Crippen LogP contribution in [0.15, 0.2) is 18.3 Å². The van der Waals surface area contributed by atoms with Gasteiger partial charge in [-0.15, -0.1) is 0 Å². The molecule has 0 bridgehead atoms. The van der Waals surface area contributed by atoms with E-state index in [1.54, 1.807) is 6.07 Å². The highest BCUT2D eigenvalue weighted by atomic mass is 16.4. The first-order valence-corrected chi connectivity index (χ1v) is 5.82. The number of aromatic carboxylic acids is 1. The fraction of sp³-hybridized carbons (Fsp3) is 0.538. The Labute approximate surface area is 101 Å². The van der Waals surface area contributed by atoms with Crippen molar-refractivity contribution in [1.29, 1.82) is 0 Å². The van der Waals surface area contributed by atoms with Crippen molar-refractivity contribution < 1.29 is 9.90 Å². The first-order valence-electron chi connectivity index (χ1n) is 5.82. The van der Waals surface area contributed by atoms with E-state index in [4.69, 9.17) is 5.11 Å². The van der Waals surface area contributed by atoms with Crippen LogP contribution in [0.2, 0.25) is 0 Å². The Morgan fingerprint density at radius 3 is 2.41 bits per heavy atom. The lowest BCUT2D eigenvalue weighted by atomic mass is 10.0. The van der Waals surface area contributed by atoms with Gasteiger partial charge in [0.2, 0.25) is 0 Å². The molecule has 0 spiro atoms. The van der Waals surface area contributed by atoms with Gasteiger partial charge in [-0.1, -0.05) is 0 Å². The summed E-state index contributed by atoms with van der Waals surface area (Å²) < 4.78 is 0. The van der Waals surface area contributed by atoms with E-state index >= 15 is 0 Å². The van der Waals surface area contributed by atoms with Crippen molar-refractivity contribution in [3.63, 3.8) is 0 Å². The number of hydrogen-bond donors (Lipinski definition) is 2. The van der Waals surface area contributed by atoms with E-state index in [0.29, 0.717) is 0 Å². The summed E-state index contributed by atoms with van der Waals surface area (Å²) >= 11 is 0. The molecular formula is C13H18N2O2. The number of nitrogens with one attached hydrogen (secondary N) is 1. The van der Waals surface area contributed by atoms with Crippen LogP contribution in [0.5, 0.6) is 0 Å². The van der Waals surface area contributed by atoms with E-state index < -0.39 is 5.97 Å². The van der Waals surface area contributed by atoms with Crippen molar-refractivity contribution in [3.8, 4) is 0 Å². The number of pyridine rings is 1. The predicted octanol–water partition coefficient (Wildman–Crippen LogP) is 2.16. The molecule has 1 aliphatic rings. The van der Waals surface area contributed by atoms with Crippen LogP contribution < -0.4 is 5.32 Å². The second-order valence-corrected chi connectivity index (χ2v) is 5.69. The summed E-state index contributed by atoms with van der Waals surface area (Å²) in [5.41, 5.74) is 1.16. The molecular weight excluding hydrogens is 216 g/mol. The minimum atomic E-state index is -0.933. The highest BCUT2D eigenvalue weighted by Gasteiger charge is 2.47. The second-order valence-electron chi connectivity index (χ2n) is 5.69. The van der Waals surface area contributed by atoms with Crippen molar-refractivity contribution in [1.82, 2.24) is 10.3 Å². The number of rotatable bonds is 3. The average molecular weight is 234 g/mol. The topological polar surface area (TPSA) is 62.2 Å². The molecule has 1 saturated carbocycles. The third-order valence-corrected chi connectivity index (χ3v) is 2.87. The van der Waals surface area contributed by atoms with E-state index in [-0.39, 0.29) is 16.6 Å². The van der Waals surface area contributed by atoms with Gasteiger partial charge in [0.15, 0.2) is 0 Å². The SMILES string of the molecule is CC(C)(C)NC1(c2ccc(C(=O)O)cn2)CC1. The van der Waals surface area contributed by atoms with Gasteiger partial charge in [0, 0.05) is 11.7 Å². The number of carbonyl (C=O) groups is 1. The first-order chi connectivity index (χ1) is 7.82. The molecule has 17 heavy (non-hydrogen) atoms. The van der Waals surface area contributed by atoms with Crippen molar-refractivity contribution in [2.75, 3.05) is 0 Å². The third kappa shape index (κ3) is 2.64. The van der Waals surface area contributed by atoms with Crippen molar-refractivity contribution in [2.24, 2.45) is 0 Å². The number of carboxylic acids is 1. The summed E-state index contributed by atoms with van der Waals surface area (Å²) in [5, 5.41) is 12.4. The molecule has 92 valence electrons. The molecule has 0 atom stereocenters. The Kier molecular flexibility index (Phi) is 2.70. The fourth-order valence-electron chi connectivity index (χ4n) is 2.09. The van der Waals surface area contributed by atoms with Gasteiger partial charge in [-0.25, -0.2) is 4.79 Å². The van der Waals surface area contributed by atoms with Crippen LogP contribution in [-0.2, 0) is 5.54 Å². The molecule has 4 heteroatoms. The van der Waals surface area contributed by atoms with Gasteiger partial charge in [-0.3, -0.25) is 4.98 Å². The molecule has 0 aromatic carbocycles. The predicted molar refractivity (Wildman–Crippen MR) is 65.0 cm³/mol. The highest BCUT2D eigenvalue weighted by molar-refractivity contribution is 5.87. The Morgan fingerprint density at radius 1 is 1.41 bits per heavy atom. The molecule has 0 unspecified atom stereocenters. The van der Waals surface area contributed by atoms with E-state index in [2.05, 4.69) is 31.1 Å². The maximum atomic E-state index is 10.8. The standard InChI is InChI=1S/C13H18N2O2/c1-12(2,3)15-13(6-7-13)10-5-4-9(8-14-10)11(16)17/h4-5,8,15H,6-7H2,1-3H3,(H,16,17). The smallest absolute Gasteiger partial charge is 0.337 e. The first kappa shape index (κ1) is 12.0. The molecule has 1 heterocycles. The lowest BCUT2D eigenvalue weighted by Gasteiger charge is -2.28. The maximum Gasteiger partial charge on any atom is 0.337 e. The Morgan fingerprint density at radius 2 is 2.06 bits per heavy atom. The molecule has 1 fully saturated rings.